The van der Waals surface area contributed by atoms with E-state index in [4.69, 9.17) is 9.47 Å². The predicted octanol–water partition coefficient (Wildman–Crippen LogP) is 3.14. The number of benzene rings is 2. The molecule has 0 bridgehead atoms. The van der Waals surface area contributed by atoms with Gasteiger partial charge in [0.2, 0.25) is 5.91 Å². The second kappa shape index (κ2) is 15.4. The summed E-state index contributed by atoms with van der Waals surface area (Å²) in [5.41, 5.74) is 1.02. The van der Waals surface area contributed by atoms with Gasteiger partial charge in [-0.05, 0) is 48.2 Å². The SMILES string of the molecule is CC(=O)S[C@H]1C[C@@H](C(=O)N2CCCN(CC(=O)OCc3ccc([N+](=O)[O-])cc3)CC2)N(C(=O)OCc2ccc([N+](=O)[O-])cc2)C1. The lowest BCUT2D eigenvalue weighted by Gasteiger charge is -2.29. The van der Waals surface area contributed by atoms with Crippen molar-refractivity contribution in [1.29, 1.82) is 0 Å². The van der Waals surface area contributed by atoms with Crippen LogP contribution in [-0.4, -0.2) is 98.2 Å². The number of hydrogen-bond acceptors (Lipinski definition) is 12. The first kappa shape index (κ1) is 33.3. The van der Waals surface area contributed by atoms with E-state index in [1.54, 1.807) is 4.90 Å². The standard InChI is InChI=1S/C29H33N5O10S/c1-20(35)45-25-15-26(32(16-25)29(38)44-19-22-5-9-24(10-6-22)34(41)42)28(37)31-12-2-11-30(13-14-31)17-27(36)43-18-21-3-7-23(8-4-21)33(39)40/h3-10,25-26H,2,11-19H2,1H3/t25-,26-/m0/s1. The molecule has 0 aromatic heterocycles. The summed E-state index contributed by atoms with van der Waals surface area (Å²) in [6, 6.07) is 10.5. The molecule has 0 N–H and O–H groups in total. The van der Waals surface area contributed by atoms with Crippen LogP contribution in [0.15, 0.2) is 48.5 Å². The molecule has 45 heavy (non-hydrogen) atoms. The molecule has 0 spiro atoms. The Morgan fingerprint density at radius 2 is 1.42 bits per heavy atom. The number of carbonyl (C=O) groups excluding carboxylic acids is 4. The Kier molecular flexibility index (Phi) is 11.4. The van der Waals surface area contributed by atoms with Gasteiger partial charge in [0.25, 0.3) is 11.4 Å². The van der Waals surface area contributed by atoms with Crippen molar-refractivity contribution in [3.8, 4) is 0 Å². The van der Waals surface area contributed by atoms with E-state index in [0.717, 1.165) is 11.8 Å². The van der Waals surface area contributed by atoms with Gasteiger partial charge in [0.05, 0.1) is 16.4 Å². The van der Waals surface area contributed by atoms with Crippen LogP contribution in [0.1, 0.15) is 30.9 Å². The van der Waals surface area contributed by atoms with Crippen molar-refractivity contribution in [1.82, 2.24) is 14.7 Å². The molecule has 0 saturated carbocycles. The first-order valence-corrected chi connectivity index (χ1v) is 15.1. The van der Waals surface area contributed by atoms with Gasteiger partial charge < -0.3 is 14.4 Å². The maximum absolute atomic E-state index is 13.7. The Bertz CT molecular complexity index is 1420. The highest BCUT2D eigenvalue weighted by molar-refractivity contribution is 8.14. The number of non-ortho nitro benzene ring substituents is 2. The van der Waals surface area contributed by atoms with Gasteiger partial charge in [0.15, 0.2) is 5.12 Å². The van der Waals surface area contributed by atoms with Crippen LogP contribution in [0, 0.1) is 20.2 Å². The van der Waals surface area contributed by atoms with E-state index in [1.165, 1.54) is 60.4 Å². The quantitative estimate of drug-likeness (QED) is 0.210. The van der Waals surface area contributed by atoms with Gasteiger partial charge in [0.1, 0.15) is 19.3 Å². The molecular formula is C29H33N5O10S. The highest BCUT2D eigenvalue weighted by Crippen LogP contribution is 2.30. The Hall–Kier alpha value is -4.57. The Morgan fingerprint density at radius 1 is 0.844 bits per heavy atom. The number of thioether (sulfide) groups is 1. The van der Waals surface area contributed by atoms with Gasteiger partial charge >= 0.3 is 12.1 Å². The minimum atomic E-state index is -0.829. The van der Waals surface area contributed by atoms with Gasteiger partial charge in [-0.25, -0.2) is 4.79 Å². The number of nitro benzene ring substituents is 2. The molecule has 2 saturated heterocycles. The van der Waals surface area contributed by atoms with E-state index in [2.05, 4.69) is 0 Å². The molecule has 2 aromatic carbocycles. The van der Waals surface area contributed by atoms with Crippen molar-refractivity contribution in [3.05, 3.63) is 79.9 Å². The maximum Gasteiger partial charge on any atom is 0.410 e. The van der Waals surface area contributed by atoms with E-state index in [-0.39, 0.29) is 60.4 Å². The smallest absolute Gasteiger partial charge is 0.410 e. The fourth-order valence-electron chi connectivity index (χ4n) is 5.16. The summed E-state index contributed by atoms with van der Waals surface area (Å²) in [5, 5.41) is 21.3. The molecular weight excluding hydrogens is 610 g/mol. The van der Waals surface area contributed by atoms with Gasteiger partial charge in [-0.2, -0.15) is 0 Å². The predicted molar refractivity (Wildman–Crippen MR) is 161 cm³/mol. The van der Waals surface area contributed by atoms with Crippen LogP contribution in [0.5, 0.6) is 0 Å². The van der Waals surface area contributed by atoms with E-state index in [9.17, 15) is 39.4 Å². The number of nitro groups is 2. The normalized spacial score (nSPS) is 18.6. The van der Waals surface area contributed by atoms with Crippen LogP contribution in [-0.2, 0) is 37.1 Å². The summed E-state index contributed by atoms with van der Waals surface area (Å²) >= 11 is 1.07. The number of nitrogens with zero attached hydrogens (tertiary/aromatic N) is 5. The molecule has 240 valence electrons. The lowest BCUT2D eigenvalue weighted by Crippen LogP contribution is -2.49. The summed E-state index contributed by atoms with van der Waals surface area (Å²) < 4.78 is 10.8. The highest BCUT2D eigenvalue weighted by atomic mass is 32.2. The van der Waals surface area contributed by atoms with Crippen molar-refractivity contribution in [3.63, 3.8) is 0 Å². The van der Waals surface area contributed by atoms with Gasteiger partial charge in [-0.3, -0.25) is 44.4 Å². The Morgan fingerprint density at radius 3 is 1.98 bits per heavy atom. The number of carbonyl (C=O) groups is 4. The minimum Gasteiger partial charge on any atom is -0.460 e. The average Bonchev–Trinajstić information content (AvgIpc) is 3.29. The third-order valence-electron chi connectivity index (χ3n) is 7.42. The number of amides is 2. The second-order valence-corrected chi connectivity index (χ2v) is 12.1. The lowest BCUT2D eigenvalue weighted by atomic mass is 10.2. The zero-order valence-electron chi connectivity index (χ0n) is 24.6. The van der Waals surface area contributed by atoms with Crippen molar-refractivity contribution in [2.45, 2.75) is 44.3 Å². The van der Waals surface area contributed by atoms with Crippen LogP contribution in [0.25, 0.3) is 0 Å². The van der Waals surface area contributed by atoms with Gasteiger partial charge in [-0.1, -0.05) is 11.8 Å². The molecule has 2 aromatic rings. The number of rotatable bonds is 10. The first-order valence-electron chi connectivity index (χ1n) is 14.2. The summed E-state index contributed by atoms with van der Waals surface area (Å²) in [7, 11) is 0. The van der Waals surface area contributed by atoms with E-state index in [0.29, 0.717) is 43.7 Å². The summed E-state index contributed by atoms with van der Waals surface area (Å²) in [6.45, 7) is 3.12. The zero-order valence-corrected chi connectivity index (χ0v) is 25.4. The van der Waals surface area contributed by atoms with Crippen LogP contribution < -0.4 is 0 Å². The molecule has 16 heteroatoms. The van der Waals surface area contributed by atoms with Crippen molar-refractivity contribution in [2.75, 3.05) is 39.3 Å². The lowest BCUT2D eigenvalue weighted by molar-refractivity contribution is -0.385. The molecule has 15 nitrogen and oxygen atoms in total. The first-order chi connectivity index (χ1) is 21.5. The van der Waals surface area contributed by atoms with Crippen LogP contribution in [0.2, 0.25) is 0 Å². The van der Waals surface area contributed by atoms with Crippen LogP contribution in [0.4, 0.5) is 16.2 Å². The third-order valence-corrected chi connectivity index (χ3v) is 8.43. The van der Waals surface area contributed by atoms with Crippen LogP contribution >= 0.6 is 11.8 Å². The van der Waals surface area contributed by atoms with Crippen molar-refractivity contribution < 1.29 is 38.5 Å². The molecule has 0 radical (unpaired) electrons. The topological polar surface area (TPSA) is 183 Å². The molecule has 2 atom stereocenters. The molecule has 0 aliphatic carbocycles. The van der Waals surface area contributed by atoms with E-state index < -0.39 is 28.0 Å². The number of hydrogen-bond donors (Lipinski definition) is 0. The Labute approximate surface area is 262 Å². The minimum absolute atomic E-state index is 0.0108. The molecule has 2 aliphatic heterocycles. The molecule has 2 amide bonds. The monoisotopic (exact) mass is 643 g/mol. The summed E-state index contributed by atoms with van der Waals surface area (Å²) in [5.74, 6) is -0.730. The van der Waals surface area contributed by atoms with Gasteiger partial charge in [0, 0.05) is 69.2 Å². The van der Waals surface area contributed by atoms with Crippen LogP contribution in [0.3, 0.4) is 0 Å². The summed E-state index contributed by atoms with van der Waals surface area (Å²) in [4.78, 5) is 76.6. The van der Waals surface area contributed by atoms with Crippen molar-refractivity contribution in [2.24, 2.45) is 0 Å². The maximum atomic E-state index is 13.7. The van der Waals surface area contributed by atoms with Crippen molar-refractivity contribution >= 4 is 46.2 Å². The zero-order chi connectivity index (χ0) is 32.5. The van der Waals surface area contributed by atoms with E-state index >= 15 is 0 Å². The largest absolute Gasteiger partial charge is 0.460 e. The summed E-state index contributed by atoms with van der Waals surface area (Å²) in [6.07, 6.45) is 0.153. The fourth-order valence-corrected chi connectivity index (χ4v) is 6.14. The Balaban J connectivity index is 1.31. The van der Waals surface area contributed by atoms with E-state index in [1.807, 2.05) is 4.90 Å². The number of ether oxygens (including phenoxy) is 2. The average molecular weight is 644 g/mol. The highest BCUT2D eigenvalue weighted by Gasteiger charge is 2.43. The number of likely N-dealkylation sites (tertiary alicyclic amines) is 1. The second-order valence-electron chi connectivity index (χ2n) is 10.7. The molecule has 2 heterocycles. The number of esters is 1. The van der Waals surface area contributed by atoms with Gasteiger partial charge in [-0.15, -0.1) is 0 Å². The molecule has 2 aliphatic rings. The molecule has 2 fully saturated rings. The molecule has 4 rings (SSSR count). The fraction of sp³-hybridized carbons (Fsp3) is 0.448. The molecule has 0 unspecified atom stereocenters. The third kappa shape index (κ3) is 9.46.